The maximum Gasteiger partial charge on any atom is 0.257 e. The molecule has 1 aliphatic heterocycles. The van der Waals surface area contributed by atoms with E-state index >= 15 is 0 Å². The number of carboxylic acids is 1. The van der Waals surface area contributed by atoms with Gasteiger partial charge in [-0.2, -0.15) is 0 Å². The maximum atomic E-state index is 13.2. The van der Waals surface area contributed by atoms with Crippen LogP contribution >= 0.6 is 11.6 Å². The Hall–Kier alpha value is -3.45. The number of anilines is 1. The first-order chi connectivity index (χ1) is 15.3. The number of nitrogens with zero attached hydrogens (tertiary/aromatic N) is 2. The Balaban J connectivity index is 1.86. The molecule has 166 valence electrons. The van der Waals surface area contributed by atoms with Crippen LogP contribution in [-0.4, -0.2) is 41.2 Å². The first-order valence-corrected chi connectivity index (χ1v) is 10.6. The van der Waals surface area contributed by atoms with Crippen LogP contribution in [0, 0.1) is 0 Å². The third kappa shape index (κ3) is 5.23. The van der Waals surface area contributed by atoms with Crippen LogP contribution in [0.5, 0.6) is 0 Å². The van der Waals surface area contributed by atoms with Crippen LogP contribution in [0.2, 0.25) is 5.02 Å². The lowest BCUT2D eigenvalue weighted by molar-refractivity contribution is -0.297. The lowest BCUT2D eigenvalue weighted by atomic mass is 10.1. The summed E-state index contributed by atoms with van der Waals surface area (Å²) in [6, 6.07) is 13.1. The molecule has 3 amide bonds. The zero-order chi connectivity index (χ0) is 23.3. The van der Waals surface area contributed by atoms with E-state index in [1.807, 2.05) is 19.1 Å². The summed E-state index contributed by atoms with van der Waals surface area (Å²) in [6.07, 6.45) is 2.39. The molecule has 0 aliphatic carbocycles. The van der Waals surface area contributed by atoms with Crippen molar-refractivity contribution in [1.82, 2.24) is 4.90 Å². The molecule has 7 nitrogen and oxygen atoms in total. The van der Waals surface area contributed by atoms with Gasteiger partial charge < -0.3 is 14.8 Å². The number of amides is 3. The zero-order valence-electron chi connectivity index (χ0n) is 17.5. The highest BCUT2D eigenvalue weighted by Crippen LogP contribution is 2.27. The van der Waals surface area contributed by atoms with Crippen molar-refractivity contribution in [2.24, 2.45) is 0 Å². The van der Waals surface area contributed by atoms with Gasteiger partial charge in [-0.15, -0.1) is 0 Å². The number of halogens is 1. The number of hydrogen-bond donors (Lipinski definition) is 0. The van der Waals surface area contributed by atoms with Crippen LogP contribution in [-0.2, 0) is 32.0 Å². The Kier molecular flexibility index (Phi) is 7.43. The van der Waals surface area contributed by atoms with E-state index in [0.717, 1.165) is 28.5 Å². The van der Waals surface area contributed by atoms with Gasteiger partial charge in [-0.1, -0.05) is 48.9 Å². The number of aliphatic carboxylic acids is 1. The van der Waals surface area contributed by atoms with Gasteiger partial charge in [0.15, 0.2) is 0 Å². The summed E-state index contributed by atoms with van der Waals surface area (Å²) in [4.78, 5) is 51.7. The van der Waals surface area contributed by atoms with E-state index in [0.29, 0.717) is 23.2 Å². The van der Waals surface area contributed by atoms with Gasteiger partial charge in [-0.25, -0.2) is 4.90 Å². The molecule has 8 heteroatoms. The van der Waals surface area contributed by atoms with Gasteiger partial charge >= 0.3 is 0 Å². The summed E-state index contributed by atoms with van der Waals surface area (Å²) in [5, 5.41) is 11.3. The molecule has 0 bridgehead atoms. The van der Waals surface area contributed by atoms with Crippen LogP contribution < -0.4 is 10.0 Å². The molecular formula is C24H22ClN2O5-. The summed E-state index contributed by atoms with van der Waals surface area (Å²) in [7, 11) is 0. The van der Waals surface area contributed by atoms with Crippen molar-refractivity contribution < 1.29 is 24.3 Å². The number of carboxylic acid groups (broad SMARTS) is 1. The maximum absolute atomic E-state index is 13.2. The Bertz CT molecular complexity index is 1060. The molecule has 0 aromatic heterocycles. The molecule has 3 rings (SSSR count). The second-order valence-corrected chi connectivity index (χ2v) is 7.74. The summed E-state index contributed by atoms with van der Waals surface area (Å²) in [6.45, 7) is 2.08. The summed E-state index contributed by atoms with van der Waals surface area (Å²) in [5.41, 5.74) is 2.26. The fourth-order valence-corrected chi connectivity index (χ4v) is 3.84. The van der Waals surface area contributed by atoms with E-state index < -0.39 is 29.7 Å². The Morgan fingerprint density at radius 3 is 2.44 bits per heavy atom. The average molecular weight is 454 g/mol. The van der Waals surface area contributed by atoms with Gasteiger partial charge in [0.2, 0.25) is 11.8 Å². The number of aryl methyl sites for hydroxylation is 1. The Morgan fingerprint density at radius 2 is 1.81 bits per heavy atom. The molecule has 1 heterocycles. The summed E-state index contributed by atoms with van der Waals surface area (Å²) < 4.78 is 0. The first kappa shape index (κ1) is 23.2. The van der Waals surface area contributed by atoms with Crippen molar-refractivity contribution >= 4 is 41.0 Å². The smallest absolute Gasteiger partial charge is 0.257 e. The molecule has 32 heavy (non-hydrogen) atoms. The van der Waals surface area contributed by atoms with Gasteiger partial charge in [0.25, 0.3) is 5.91 Å². The van der Waals surface area contributed by atoms with E-state index in [1.54, 1.807) is 36.4 Å². The lowest BCUT2D eigenvalue weighted by Gasteiger charge is -2.27. The van der Waals surface area contributed by atoms with E-state index in [2.05, 4.69) is 0 Å². The van der Waals surface area contributed by atoms with E-state index in [4.69, 9.17) is 11.6 Å². The molecule has 1 saturated heterocycles. The molecule has 0 N–H and O–H groups in total. The highest BCUT2D eigenvalue weighted by molar-refractivity contribution is 6.31. The van der Waals surface area contributed by atoms with E-state index in [9.17, 15) is 24.3 Å². The number of carbonyl (C=O) groups excluding carboxylic acids is 4. The van der Waals surface area contributed by atoms with Gasteiger partial charge in [-0.05, 0) is 48.2 Å². The summed E-state index contributed by atoms with van der Waals surface area (Å²) >= 11 is 6.20. The molecule has 1 fully saturated rings. The number of imide groups is 1. The van der Waals surface area contributed by atoms with E-state index in [-0.39, 0.29) is 13.0 Å². The largest absolute Gasteiger partial charge is 0.545 e. The Morgan fingerprint density at radius 1 is 1.12 bits per heavy atom. The zero-order valence-corrected chi connectivity index (χ0v) is 18.2. The standard InChI is InChI=1S/C24H23ClN2O5/c1-2-16-7-9-18(10-8-16)27-22(29)15-20(24(27)32)26(21(28)11-12-23(30)31)14-13-17-5-3-4-6-19(17)25/h3-12,20H,2,13-15H2,1H3,(H,30,31)/p-1/b12-11+/t20-/m1/s1. The fraction of sp³-hybridized carbons (Fsp3) is 0.250. The van der Waals surface area contributed by atoms with Crippen molar-refractivity contribution in [3.63, 3.8) is 0 Å². The second kappa shape index (κ2) is 10.2. The minimum absolute atomic E-state index is 0.0756. The quantitative estimate of drug-likeness (QED) is 0.449. The van der Waals surface area contributed by atoms with Gasteiger partial charge in [-0.3, -0.25) is 14.4 Å². The molecule has 0 saturated carbocycles. The third-order valence-electron chi connectivity index (χ3n) is 5.33. The molecule has 1 aliphatic rings. The molecule has 0 spiro atoms. The fourth-order valence-electron chi connectivity index (χ4n) is 3.61. The molecule has 1 atom stereocenters. The van der Waals surface area contributed by atoms with Crippen LogP contribution in [0.25, 0.3) is 0 Å². The van der Waals surface area contributed by atoms with Crippen molar-refractivity contribution in [2.45, 2.75) is 32.2 Å². The first-order valence-electron chi connectivity index (χ1n) is 10.2. The van der Waals surface area contributed by atoms with Crippen molar-refractivity contribution in [3.05, 3.63) is 76.8 Å². The van der Waals surface area contributed by atoms with Crippen LogP contribution in [0.3, 0.4) is 0 Å². The normalized spacial score (nSPS) is 16.1. The minimum atomic E-state index is -1.53. The molecule has 2 aromatic carbocycles. The van der Waals surface area contributed by atoms with Crippen LogP contribution in [0.1, 0.15) is 24.5 Å². The van der Waals surface area contributed by atoms with Crippen molar-refractivity contribution in [1.29, 1.82) is 0 Å². The second-order valence-electron chi connectivity index (χ2n) is 7.33. The van der Waals surface area contributed by atoms with E-state index in [1.165, 1.54) is 4.90 Å². The Labute approximate surface area is 190 Å². The number of carbonyl (C=O) groups is 4. The van der Waals surface area contributed by atoms with Crippen LogP contribution in [0.4, 0.5) is 5.69 Å². The highest BCUT2D eigenvalue weighted by Gasteiger charge is 2.43. The molecular weight excluding hydrogens is 432 g/mol. The molecule has 2 aromatic rings. The third-order valence-corrected chi connectivity index (χ3v) is 5.70. The van der Waals surface area contributed by atoms with Crippen LogP contribution in [0.15, 0.2) is 60.7 Å². The van der Waals surface area contributed by atoms with Crippen molar-refractivity contribution in [2.75, 3.05) is 11.4 Å². The molecule has 0 radical (unpaired) electrons. The monoisotopic (exact) mass is 453 g/mol. The minimum Gasteiger partial charge on any atom is -0.545 e. The lowest BCUT2D eigenvalue weighted by Crippen LogP contribution is -2.46. The highest BCUT2D eigenvalue weighted by atomic mass is 35.5. The SMILES string of the molecule is CCc1ccc(N2C(=O)C[C@@H](N(CCc3ccccc3Cl)C(=O)/C=C/C(=O)[O-])C2=O)cc1. The average Bonchev–Trinajstić information content (AvgIpc) is 3.07. The topological polar surface area (TPSA) is 97.8 Å². The summed E-state index contributed by atoms with van der Waals surface area (Å²) in [5.74, 6) is -3.19. The number of hydrogen-bond acceptors (Lipinski definition) is 5. The predicted octanol–water partition coefficient (Wildman–Crippen LogP) is 1.91. The molecule has 0 unspecified atom stereocenters. The predicted molar refractivity (Wildman–Crippen MR) is 118 cm³/mol. The number of rotatable bonds is 8. The number of benzene rings is 2. The van der Waals surface area contributed by atoms with Crippen molar-refractivity contribution in [3.8, 4) is 0 Å². The van der Waals surface area contributed by atoms with Gasteiger partial charge in [0, 0.05) is 17.6 Å². The van der Waals surface area contributed by atoms with Gasteiger partial charge in [0.05, 0.1) is 18.1 Å². The van der Waals surface area contributed by atoms with Gasteiger partial charge in [0.1, 0.15) is 6.04 Å².